The fraction of sp³-hybridized carbons (Fsp3) is 0.222. The second-order valence-corrected chi connectivity index (χ2v) is 7.05. The van der Waals surface area contributed by atoms with Crippen LogP contribution in [-0.4, -0.2) is 36.8 Å². The summed E-state index contributed by atoms with van der Waals surface area (Å²) in [5.41, 5.74) is 0.523. The highest BCUT2D eigenvalue weighted by molar-refractivity contribution is 7.99. The van der Waals surface area contributed by atoms with E-state index < -0.39 is 31.1 Å². The van der Waals surface area contributed by atoms with Gasteiger partial charge in [0.05, 0.1) is 17.2 Å². The molecule has 2 aromatic rings. The molecule has 0 saturated carbocycles. The van der Waals surface area contributed by atoms with Crippen LogP contribution in [0.1, 0.15) is 10.4 Å². The number of alkyl halides is 4. The number of imide groups is 1. The van der Waals surface area contributed by atoms with Crippen molar-refractivity contribution in [1.29, 1.82) is 0 Å². The molecular weight excluding hydrogens is 436 g/mol. The Morgan fingerprint density at radius 1 is 1.10 bits per heavy atom. The average Bonchev–Trinajstić information content (AvgIpc) is 2.66. The maximum absolute atomic E-state index is 12.6. The highest BCUT2D eigenvalue weighted by atomic mass is 35.5. The minimum atomic E-state index is -4.47. The molecule has 3 amide bonds. The van der Waals surface area contributed by atoms with E-state index in [0.717, 1.165) is 11.8 Å². The van der Waals surface area contributed by atoms with Gasteiger partial charge in [-0.3, -0.25) is 10.1 Å². The lowest BCUT2D eigenvalue weighted by Gasteiger charge is -2.15. The summed E-state index contributed by atoms with van der Waals surface area (Å²) >= 11 is 7.00. The molecule has 0 heterocycles. The third-order valence-electron chi connectivity index (χ3n) is 3.36. The summed E-state index contributed by atoms with van der Waals surface area (Å²) in [6.45, 7) is -0.561. The number of benzene rings is 2. The van der Waals surface area contributed by atoms with Gasteiger partial charge in [-0.2, -0.15) is 8.78 Å². The molecule has 0 aromatic heterocycles. The molecule has 0 atom stereocenters. The predicted octanol–water partition coefficient (Wildman–Crippen LogP) is 5.27. The lowest BCUT2D eigenvalue weighted by molar-refractivity contribution is -0.297. The van der Waals surface area contributed by atoms with Gasteiger partial charge < -0.3 is 10.1 Å². The van der Waals surface area contributed by atoms with Crippen molar-refractivity contribution in [3.05, 3.63) is 59.1 Å². The van der Waals surface area contributed by atoms with Gasteiger partial charge in [-0.15, -0.1) is 11.8 Å². The van der Waals surface area contributed by atoms with Crippen LogP contribution in [0.2, 0.25) is 5.02 Å². The highest BCUT2D eigenvalue weighted by Crippen LogP contribution is 2.26. The van der Waals surface area contributed by atoms with Gasteiger partial charge in [0.1, 0.15) is 0 Å². The molecule has 2 aromatic carbocycles. The first-order valence-electron chi connectivity index (χ1n) is 8.08. The van der Waals surface area contributed by atoms with E-state index in [0.29, 0.717) is 10.6 Å². The van der Waals surface area contributed by atoms with Crippen LogP contribution in [0, 0.1) is 0 Å². The first-order valence-corrected chi connectivity index (χ1v) is 9.45. The summed E-state index contributed by atoms with van der Waals surface area (Å²) in [4.78, 5) is 24.6. The van der Waals surface area contributed by atoms with Crippen molar-refractivity contribution < 1.29 is 31.9 Å². The molecule has 2 N–H and O–H groups in total. The van der Waals surface area contributed by atoms with Gasteiger partial charge in [-0.1, -0.05) is 23.7 Å². The fourth-order valence-electron chi connectivity index (χ4n) is 2.01. The largest absolute Gasteiger partial charge is 0.416 e. The van der Waals surface area contributed by atoms with Crippen LogP contribution in [-0.2, 0) is 4.74 Å². The minimum Gasteiger partial charge on any atom is -0.315 e. The average molecular weight is 451 g/mol. The molecule has 0 fully saturated rings. The third kappa shape index (κ3) is 7.22. The van der Waals surface area contributed by atoms with Crippen molar-refractivity contribution in [2.45, 2.75) is 17.4 Å². The lowest BCUT2D eigenvalue weighted by Crippen LogP contribution is -2.34. The molecule has 0 aliphatic heterocycles. The number of rotatable bonds is 8. The predicted molar refractivity (Wildman–Crippen MR) is 102 cm³/mol. The topological polar surface area (TPSA) is 67.4 Å². The van der Waals surface area contributed by atoms with Gasteiger partial charge in [0.25, 0.3) is 5.91 Å². The molecular formula is C18H15ClF4N2O3S. The van der Waals surface area contributed by atoms with E-state index in [1.54, 1.807) is 24.3 Å². The van der Waals surface area contributed by atoms with Gasteiger partial charge in [0.15, 0.2) is 0 Å². The van der Waals surface area contributed by atoms with Crippen molar-refractivity contribution >= 4 is 41.0 Å². The van der Waals surface area contributed by atoms with Crippen molar-refractivity contribution in [2.75, 3.05) is 17.7 Å². The van der Waals surface area contributed by atoms with Gasteiger partial charge >= 0.3 is 18.6 Å². The zero-order valence-electron chi connectivity index (χ0n) is 14.6. The molecule has 0 aliphatic carbocycles. The number of halogens is 5. The van der Waals surface area contributed by atoms with Crippen molar-refractivity contribution in [3.63, 3.8) is 0 Å². The van der Waals surface area contributed by atoms with Crippen LogP contribution in [0.15, 0.2) is 53.4 Å². The Balaban J connectivity index is 1.79. The number of nitrogens with one attached hydrogen (secondary N) is 2. The third-order valence-corrected chi connectivity index (χ3v) is 4.66. The molecule has 0 spiro atoms. The number of hydrogen-bond donors (Lipinski definition) is 2. The molecule has 11 heteroatoms. The van der Waals surface area contributed by atoms with E-state index in [1.165, 1.54) is 24.3 Å². The van der Waals surface area contributed by atoms with Gasteiger partial charge in [-0.25, -0.2) is 13.6 Å². The number of anilines is 1. The Labute approximate surface area is 172 Å². The van der Waals surface area contributed by atoms with Crippen LogP contribution >= 0.6 is 23.4 Å². The molecule has 29 heavy (non-hydrogen) atoms. The Kier molecular flexibility index (Phi) is 8.30. The molecule has 0 bridgehead atoms. The second-order valence-electron chi connectivity index (χ2n) is 5.47. The maximum atomic E-state index is 12.6. The van der Waals surface area contributed by atoms with E-state index in [-0.39, 0.29) is 16.3 Å². The first kappa shape index (κ1) is 23.0. The molecule has 0 unspecified atom stereocenters. The van der Waals surface area contributed by atoms with E-state index >= 15 is 0 Å². The van der Waals surface area contributed by atoms with E-state index in [4.69, 9.17) is 11.6 Å². The maximum Gasteiger partial charge on any atom is 0.416 e. The number of carbonyl (C=O) groups is 2. The summed E-state index contributed by atoms with van der Waals surface area (Å²) in [6, 6.07) is 11.7. The molecule has 2 rings (SSSR count). The smallest absolute Gasteiger partial charge is 0.315 e. The zero-order valence-corrected chi connectivity index (χ0v) is 16.2. The standard InChI is InChI=1S/C18H15ClF4N2O3S/c19-14-4-2-1-3-13(14)15(26)25-17(27)24-11-5-7-12(8-6-11)29-10-9-28-18(22,23)16(20)21/h1-8,16H,9-10H2,(H2,24,25,26,27). The Morgan fingerprint density at radius 3 is 2.38 bits per heavy atom. The van der Waals surface area contributed by atoms with Crippen LogP contribution in [0.3, 0.4) is 0 Å². The van der Waals surface area contributed by atoms with Crippen LogP contribution in [0.4, 0.5) is 28.0 Å². The van der Waals surface area contributed by atoms with Gasteiger partial charge in [-0.05, 0) is 36.4 Å². The molecule has 0 aliphatic rings. The molecule has 0 saturated heterocycles. The number of carbonyl (C=O) groups excluding carboxylic acids is 2. The van der Waals surface area contributed by atoms with Crippen molar-refractivity contribution in [3.8, 4) is 0 Å². The Morgan fingerprint density at radius 2 is 1.76 bits per heavy atom. The summed E-state index contributed by atoms with van der Waals surface area (Å²) in [7, 11) is 0. The van der Waals surface area contributed by atoms with Crippen molar-refractivity contribution in [1.82, 2.24) is 5.32 Å². The highest BCUT2D eigenvalue weighted by Gasteiger charge is 2.41. The summed E-state index contributed by atoms with van der Waals surface area (Å²) in [5.74, 6) is -0.636. The lowest BCUT2D eigenvalue weighted by atomic mass is 10.2. The minimum absolute atomic E-state index is 0.0297. The second kappa shape index (κ2) is 10.5. The fourth-order valence-corrected chi connectivity index (χ4v) is 2.97. The number of thioether (sulfide) groups is 1. The zero-order chi connectivity index (χ0) is 21.4. The van der Waals surface area contributed by atoms with Crippen LogP contribution < -0.4 is 10.6 Å². The molecule has 156 valence electrons. The number of urea groups is 1. The van der Waals surface area contributed by atoms with Gasteiger partial charge in [0, 0.05) is 16.3 Å². The Hall–Kier alpha value is -2.30. The Bertz CT molecular complexity index is 853. The number of amides is 3. The van der Waals surface area contributed by atoms with Gasteiger partial charge in [0.2, 0.25) is 0 Å². The number of hydrogen-bond acceptors (Lipinski definition) is 4. The van der Waals surface area contributed by atoms with Crippen molar-refractivity contribution in [2.24, 2.45) is 0 Å². The molecule has 0 radical (unpaired) electrons. The van der Waals surface area contributed by atoms with Crippen LogP contribution in [0.25, 0.3) is 0 Å². The first-order chi connectivity index (χ1) is 13.7. The van der Waals surface area contributed by atoms with E-state index in [2.05, 4.69) is 15.4 Å². The summed E-state index contributed by atoms with van der Waals surface area (Å²) < 4.78 is 53.0. The van der Waals surface area contributed by atoms with E-state index in [9.17, 15) is 27.2 Å². The normalized spacial score (nSPS) is 11.4. The van der Waals surface area contributed by atoms with E-state index in [1.807, 2.05) is 0 Å². The molecule has 5 nitrogen and oxygen atoms in total. The number of ether oxygens (including phenoxy) is 1. The SMILES string of the molecule is O=C(NC(=O)c1ccccc1Cl)Nc1ccc(SCCOC(F)(F)C(F)F)cc1. The van der Waals surface area contributed by atoms with Crippen LogP contribution in [0.5, 0.6) is 0 Å². The quantitative estimate of drug-likeness (QED) is 0.327. The summed E-state index contributed by atoms with van der Waals surface area (Å²) in [5, 5.41) is 4.80. The monoisotopic (exact) mass is 450 g/mol. The summed E-state index contributed by atoms with van der Waals surface area (Å²) in [6.07, 6.45) is -8.35.